The summed E-state index contributed by atoms with van der Waals surface area (Å²) in [4.78, 5) is 48.6. The van der Waals surface area contributed by atoms with Crippen molar-refractivity contribution in [3.63, 3.8) is 0 Å². The fraction of sp³-hybridized carbons (Fsp3) is 0.274. The summed E-state index contributed by atoms with van der Waals surface area (Å²) in [5.41, 5.74) is 12.7. The maximum atomic E-state index is 12.2. The fourth-order valence-electron chi connectivity index (χ4n) is 12.3. The smallest absolute Gasteiger partial charge is 0.492 e. The average Bonchev–Trinajstić information content (AvgIpc) is 1.63. The van der Waals surface area contributed by atoms with Crippen LogP contribution in [0.3, 0.4) is 0 Å². The molecule has 1 fully saturated rings. The summed E-state index contributed by atoms with van der Waals surface area (Å²) in [5.74, 6) is 3.80. The number of nitrogens with zero attached hydrogens (tertiary/aromatic N) is 12. The number of amides is 2. The Morgan fingerprint density at radius 2 is 0.824 bits per heavy atom. The summed E-state index contributed by atoms with van der Waals surface area (Å²) in [7, 11) is 8.03. The molecule has 2 amide bonds. The molecule has 30 heteroatoms. The zero-order chi connectivity index (χ0) is 90.2. The minimum Gasteiger partial charge on any atom is -0.508 e. The molecular weight excluding hydrogens is 1870 g/mol. The van der Waals surface area contributed by atoms with Crippen molar-refractivity contribution in [3.05, 3.63) is 308 Å². The molecule has 4 N–H and O–H groups in total. The van der Waals surface area contributed by atoms with Crippen molar-refractivity contribution in [2.24, 2.45) is 35.2 Å². The van der Waals surface area contributed by atoms with Crippen LogP contribution in [0, 0.1) is 7.66 Å². The van der Waals surface area contributed by atoms with E-state index in [-0.39, 0.29) is 42.0 Å². The van der Waals surface area contributed by atoms with E-state index in [0.717, 1.165) is 91.2 Å². The highest BCUT2D eigenvalue weighted by molar-refractivity contribution is 14.1. The summed E-state index contributed by atoms with van der Waals surface area (Å²) in [6, 6.07) is 67.2. The van der Waals surface area contributed by atoms with Gasteiger partial charge in [-0.3, -0.25) is 0 Å². The molecule has 0 radical (unpaired) electrons. The van der Waals surface area contributed by atoms with E-state index >= 15 is 0 Å². The summed E-state index contributed by atoms with van der Waals surface area (Å²) < 4.78 is 52.9. The van der Waals surface area contributed by atoms with E-state index in [1.807, 2.05) is 269 Å². The molecule has 5 aromatic heterocycles. The Labute approximate surface area is 768 Å². The molecule has 0 saturated carbocycles. The van der Waals surface area contributed by atoms with Gasteiger partial charge in [0.25, 0.3) is 0 Å². The molecule has 3 aliphatic rings. The van der Waals surface area contributed by atoms with E-state index in [1.54, 1.807) is 83.4 Å². The summed E-state index contributed by atoms with van der Waals surface area (Å²) in [5, 5.41) is 36.5. The molecule has 0 unspecified atom stereocenters. The third-order valence-corrected chi connectivity index (χ3v) is 22.8. The number of hydrogen-bond acceptors (Lipinski definition) is 18. The second-order valence-electron chi connectivity index (χ2n) is 32.4. The van der Waals surface area contributed by atoms with Crippen molar-refractivity contribution in [3.8, 4) is 73.8 Å². The van der Waals surface area contributed by atoms with Crippen LogP contribution in [-0.2, 0) is 73.8 Å². The summed E-state index contributed by atoms with van der Waals surface area (Å²) >= 11 is 7.67. The van der Waals surface area contributed by atoms with Crippen molar-refractivity contribution in [2.45, 2.75) is 111 Å². The zero-order valence-corrected chi connectivity index (χ0v) is 78.9. The Bertz CT molecular complexity index is 5610. The molecule has 0 aliphatic carbocycles. The summed E-state index contributed by atoms with van der Waals surface area (Å²) in [6.45, 7) is 23.0. The molecule has 125 heavy (non-hydrogen) atoms. The van der Waals surface area contributed by atoms with Crippen LogP contribution in [0.4, 0.5) is 9.59 Å². The van der Waals surface area contributed by atoms with Crippen LogP contribution < -0.4 is 19.7 Å². The number of aromatic nitrogens is 10. The third kappa shape index (κ3) is 28.6. The van der Waals surface area contributed by atoms with E-state index in [1.165, 1.54) is 11.1 Å². The number of hydrogen-bond donors (Lipinski definition) is 4. The molecule has 8 heterocycles. The normalized spacial score (nSPS) is 13.5. The number of rotatable bonds is 16. The largest absolute Gasteiger partial charge is 0.508 e. The van der Waals surface area contributed by atoms with Crippen molar-refractivity contribution in [1.82, 2.24) is 57.6 Å². The van der Waals surface area contributed by atoms with Crippen molar-refractivity contribution >= 4 is 98.6 Å². The molecule has 13 aromatic rings. The van der Waals surface area contributed by atoms with Gasteiger partial charge < -0.3 is 85.9 Å². The summed E-state index contributed by atoms with van der Waals surface area (Å²) in [6.07, 6.45) is 16.1. The van der Waals surface area contributed by atoms with Crippen molar-refractivity contribution < 1.29 is 62.8 Å². The quantitative estimate of drug-likeness (QED) is 0.0517. The number of phenols is 2. The molecular formula is C95H107B2BrI2N12O13. The van der Waals surface area contributed by atoms with Crippen LogP contribution in [-0.4, -0.2) is 153 Å². The SMILES string of the molecule is CC(C)(C)OC(=O)N1CC=C(B2OC(C)(C)C(C)(C)O2)C1.Cn1c(-c2ccc(O)cc2)cnc1C1=CCN(C(=O)OC(C)(C)C)C1.Cn1c(-c2ccc(O)cc2)cnc1I.Cn1c(-c2ccc(OCc3ccccc3)cc2)cnc1I.Cn1cncc1-c1ccc(OCc2ccccc2)cc1.Cn1cncc1Br.OB(O)c1ccc(OCc2ccccc2)cc1. The second kappa shape index (κ2) is 44.6. The standard InChI is InChI=1S/C19H23N3O3.C17H15IN2O.C17H16N2O.C15H26BNO4.C13H13BO3.C10H9IN2O.C4H5BrN2/c1-19(2,3)25-18(24)22-10-9-14(12-22)17-20-11-16(21(17)4)13-5-7-15(23)8-6-13;1-20-16(11-19-17(20)18)14-7-9-15(10-8-14)21-12-13-5-3-2-4-6-13;1-19-13-18-11-17(19)15-7-9-16(10-8-15)20-12-14-5-3-2-4-6-14;1-13(2,3)19-12(18)17-9-8-11(10-17)16-20-14(4,5)15(6,7)21-16;15-14(16)12-6-8-13(9-7-12)17-10-11-4-2-1-3-5-11;1-13-9(6-12-10(13)11)7-2-4-8(14)5-3-7;1-7-3-6-2-4(7)5/h5-9,11,23H,10,12H2,1-4H3;2-11H,12H2,1H3;2-11,13H,12H2,1H3;8H,9-10H2,1-7H3;1-9,15-16H,10H2;2-6,14H,1H3;2-3H,1H3. The maximum Gasteiger partial charge on any atom is 0.492 e. The number of halogens is 3. The number of imidazole rings is 5. The average molecular weight is 1980 g/mol. The van der Waals surface area contributed by atoms with Gasteiger partial charge in [0.1, 0.15) is 70.2 Å². The van der Waals surface area contributed by atoms with E-state index in [2.05, 4.69) is 139 Å². The third-order valence-electron chi connectivity index (χ3n) is 20.0. The number of benzene rings is 8. The van der Waals surface area contributed by atoms with Gasteiger partial charge >= 0.3 is 26.4 Å². The van der Waals surface area contributed by atoms with E-state index in [9.17, 15) is 14.7 Å². The Morgan fingerprint density at radius 3 is 1.18 bits per heavy atom. The van der Waals surface area contributed by atoms with Gasteiger partial charge in [0, 0.05) is 82.7 Å². The lowest BCUT2D eigenvalue weighted by Gasteiger charge is -2.32. The zero-order valence-electron chi connectivity index (χ0n) is 73.0. The van der Waals surface area contributed by atoms with E-state index in [0.29, 0.717) is 57.2 Å². The van der Waals surface area contributed by atoms with Crippen LogP contribution in [0.2, 0.25) is 0 Å². The monoisotopic (exact) mass is 1980 g/mol. The number of phenolic OH excluding ortho intramolecular Hbond substituents is 2. The molecule has 3 aliphatic heterocycles. The topological polar surface area (TPSA) is 275 Å². The predicted octanol–water partition coefficient (Wildman–Crippen LogP) is 18.7. The first-order valence-corrected chi connectivity index (χ1v) is 43.3. The lowest BCUT2D eigenvalue weighted by atomic mass is 9.79. The molecule has 16 rings (SSSR count). The molecule has 25 nitrogen and oxygen atoms in total. The number of carbonyl (C=O) groups excluding carboxylic acids is 2. The van der Waals surface area contributed by atoms with Crippen LogP contribution in [0.1, 0.15) is 91.8 Å². The first-order valence-electron chi connectivity index (χ1n) is 40.4. The first kappa shape index (κ1) is 96.0. The Morgan fingerprint density at radius 1 is 0.464 bits per heavy atom. The lowest BCUT2D eigenvalue weighted by molar-refractivity contribution is 0.00578. The predicted molar refractivity (Wildman–Crippen MR) is 511 cm³/mol. The van der Waals surface area contributed by atoms with Gasteiger partial charge in [0.2, 0.25) is 0 Å². The van der Waals surface area contributed by atoms with Gasteiger partial charge in [-0.1, -0.05) is 115 Å². The minimum absolute atomic E-state index is 0.234. The molecule has 0 atom stereocenters. The fourth-order valence-corrected chi connectivity index (χ4v) is 13.3. The van der Waals surface area contributed by atoms with E-state index < -0.39 is 18.3 Å². The highest BCUT2D eigenvalue weighted by Gasteiger charge is 2.53. The van der Waals surface area contributed by atoms with Crippen LogP contribution in [0.15, 0.2) is 278 Å². The number of carbonyl (C=O) groups is 2. The van der Waals surface area contributed by atoms with E-state index in [4.69, 9.17) is 48.1 Å². The Hall–Kier alpha value is -11.3. The van der Waals surface area contributed by atoms with Gasteiger partial charge in [0.15, 0.2) is 7.66 Å². The van der Waals surface area contributed by atoms with Gasteiger partial charge in [-0.25, -0.2) is 34.5 Å². The highest BCUT2D eigenvalue weighted by atomic mass is 127. The van der Waals surface area contributed by atoms with Crippen LogP contribution in [0.25, 0.3) is 50.6 Å². The molecule has 0 spiro atoms. The van der Waals surface area contributed by atoms with Gasteiger partial charge in [-0.2, -0.15) is 0 Å². The number of aryl methyl sites for hydroxylation is 2. The molecule has 0 bridgehead atoms. The molecule has 8 aromatic carbocycles. The molecule has 652 valence electrons. The van der Waals surface area contributed by atoms with Crippen LogP contribution in [0.5, 0.6) is 28.7 Å². The number of aromatic hydroxyl groups is 2. The lowest BCUT2D eigenvalue weighted by Crippen LogP contribution is -2.41. The van der Waals surface area contributed by atoms with Crippen molar-refractivity contribution in [1.29, 1.82) is 0 Å². The first-order chi connectivity index (χ1) is 59.5. The second-order valence-corrected chi connectivity index (χ2v) is 35.2. The van der Waals surface area contributed by atoms with Gasteiger partial charge in [-0.15, -0.1) is 0 Å². The number of ether oxygens (including phenoxy) is 5. The van der Waals surface area contributed by atoms with Gasteiger partial charge in [0.05, 0.1) is 84.2 Å². The Kier molecular flexibility index (Phi) is 34.2. The van der Waals surface area contributed by atoms with Gasteiger partial charge in [-0.05, 0) is 267 Å². The molecule has 1 saturated heterocycles. The highest BCUT2D eigenvalue weighted by Crippen LogP contribution is 2.40. The van der Waals surface area contributed by atoms with Crippen LogP contribution >= 0.6 is 61.1 Å². The maximum absolute atomic E-state index is 12.2. The Balaban J connectivity index is 0.000000155. The minimum atomic E-state index is -1.43. The van der Waals surface area contributed by atoms with Crippen molar-refractivity contribution in [2.75, 3.05) is 26.2 Å².